The van der Waals surface area contributed by atoms with E-state index in [-0.39, 0.29) is 5.91 Å². The van der Waals surface area contributed by atoms with Crippen LogP contribution in [0, 0.1) is 0 Å². The number of para-hydroxylation sites is 1. The predicted molar refractivity (Wildman–Crippen MR) is 91.2 cm³/mol. The number of hydrogen-bond acceptors (Lipinski definition) is 7. The molecule has 4 rings (SSSR count). The van der Waals surface area contributed by atoms with Gasteiger partial charge in [0.2, 0.25) is 11.7 Å². The molecule has 0 saturated carbocycles. The molecule has 1 aromatic carbocycles. The Morgan fingerprint density at radius 2 is 2.08 bits per heavy atom. The van der Waals surface area contributed by atoms with Crippen LogP contribution in [0.1, 0.15) is 21.8 Å². The summed E-state index contributed by atoms with van der Waals surface area (Å²) in [5, 5.41) is 6.79. The largest absolute Gasteiger partial charge is 0.472 e. The van der Waals surface area contributed by atoms with Crippen molar-refractivity contribution in [2.45, 2.75) is 6.42 Å². The topological polar surface area (TPSA) is 107 Å². The molecule has 0 spiro atoms. The van der Waals surface area contributed by atoms with Crippen molar-refractivity contribution in [3.8, 4) is 11.5 Å². The first-order valence-electron chi connectivity index (χ1n) is 7.80. The summed E-state index contributed by atoms with van der Waals surface area (Å²) in [5.41, 5.74) is 2.49. The second-order valence-corrected chi connectivity index (χ2v) is 5.40. The summed E-state index contributed by atoms with van der Waals surface area (Å²) in [4.78, 5) is 24.7. The fourth-order valence-electron chi connectivity index (χ4n) is 2.39. The van der Waals surface area contributed by atoms with E-state index >= 15 is 0 Å². The van der Waals surface area contributed by atoms with Gasteiger partial charge < -0.3 is 14.3 Å². The van der Waals surface area contributed by atoms with Gasteiger partial charge in [0.25, 0.3) is 5.91 Å². The molecular weight excluding hydrogens is 334 g/mol. The number of furan rings is 1. The number of nitrogens with zero attached hydrogens (tertiary/aromatic N) is 4. The van der Waals surface area contributed by atoms with Crippen LogP contribution < -0.4 is 5.32 Å². The highest BCUT2D eigenvalue weighted by Gasteiger charge is 2.14. The van der Waals surface area contributed by atoms with Crippen LogP contribution >= 0.6 is 0 Å². The normalized spacial score (nSPS) is 10.6. The maximum atomic E-state index is 12.2. The van der Waals surface area contributed by atoms with Gasteiger partial charge in [0, 0.05) is 18.1 Å². The minimum absolute atomic E-state index is 0.253. The van der Waals surface area contributed by atoms with Crippen LogP contribution in [0.15, 0.2) is 70.4 Å². The van der Waals surface area contributed by atoms with Crippen LogP contribution in [-0.4, -0.2) is 26.0 Å². The van der Waals surface area contributed by atoms with Gasteiger partial charge in [-0.15, -0.1) is 0 Å². The quantitative estimate of drug-likeness (QED) is 0.591. The number of benzene rings is 1. The zero-order valence-corrected chi connectivity index (χ0v) is 13.5. The summed E-state index contributed by atoms with van der Waals surface area (Å²) in [5.74, 6) is 0.528. The first-order valence-corrected chi connectivity index (χ1v) is 7.80. The second kappa shape index (κ2) is 6.98. The van der Waals surface area contributed by atoms with Crippen LogP contribution in [0.5, 0.6) is 0 Å². The van der Waals surface area contributed by atoms with Gasteiger partial charge in [0.1, 0.15) is 12.0 Å². The molecule has 26 heavy (non-hydrogen) atoms. The van der Waals surface area contributed by atoms with E-state index in [1.807, 2.05) is 24.3 Å². The Morgan fingerprint density at radius 1 is 1.15 bits per heavy atom. The van der Waals surface area contributed by atoms with Crippen LogP contribution in [0.3, 0.4) is 0 Å². The molecule has 0 aliphatic rings. The van der Waals surface area contributed by atoms with Crippen LogP contribution in [0.4, 0.5) is 5.69 Å². The number of aromatic nitrogens is 4. The van der Waals surface area contributed by atoms with Crippen LogP contribution in [0.2, 0.25) is 0 Å². The number of rotatable bonds is 5. The fraction of sp³-hybridized carbons (Fsp3) is 0.0556. The van der Waals surface area contributed by atoms with Gasteiger partial charge in [-0.2, -0.15) is 4.98 Å². The van der Waals surface area contributed by atoms with Gasteiger partial charge >= 0.3 is 0 Å². The van der Waals surface area contributed by atoms with Gasteiger partial charge in [-0.05, 0) is 17.7 Å². The Labute approximate surface area is 147 Å². The second-order valence-electron chi connectivity index (χ2n) is 5.40. The van der Waals surface area contributed by atoms with Crippen molar-refractivity contribution in [3.63, 3.8) is 0 Å². The van der Waals surface area contributed by atoms with E-state index in [9.17, 15) is 4.79 Å². The Bertz CT molecular complexity index is 1010. The first-order chi connectivity index (χ1) is 12.8. The summed E-state index contributed by atoms with van der Waals surface area (Å²) >= 11 is 0. The zero-order chi connectivity index (χ0) is 17.8. The van der Waals surface area contributed by atoms with E-state index in [1.165, 1.54) is 12.5 Å². The molecule has 0 fully saturated rings. The van der Waals surface area contributed by atoms with Crippen molar-refractivity contribution in [2.75, 3.05) is 5.32 Å². The van der Waals surface area contributed by atoms with Gasteiger partial charge in [-0.1, -0.05) is 23.4 Å². The van der Waals surface area contributed by atoms with Crippen molar-refractivity contribution in [1.29, 1.82) is 0 Å². The van der Waals surface area contributed by atoms with Crippen molar-refractivity contribution in [1.82, 2.24) is 20.1 Å². The lowest BCUT2D eigenvalue weighted by atomic mass is 10.1. The van der Waals surface area contributed by atoms with Crippen molar-refractivity contribution < 1.29 is 13.7 Å². The molecule has 1 amide bonds. The lowest BCUT2D eigenvalue weighted by molar-refractivity contribution is 0.102. The van der Waals surface area contributed by atoms with E-state index in [1.54, 1.807) is 24.7 Å². The molecule has 0 aliphatic carbocycles. The van der Waals surface area contributed by atoms with Gasteiger partial charge in [-0.3, -0.25) is 9.78 Å². The first kappa shape index (κ1) is 15.7. The van der Waals surface area contributed by atoms with Gasteiger partial charge in [0.15, 0.2) is 0 Å². The third-order valence-corrected chi connectivity index (χ3v) is 3.65. The average molecular weight is 347 g/mol. The summed E-state index contributed by atoms with van der Waals surface area (Å²) in [6.07, 6.45) is 7.91. The Balaban J connectivity index is 1.54. The molecule has 0 unspecified atom stereocenters. The number of amides is 1. The maximum absolute atomic E-state index is 12.2. The highest BCUT2D eigenvalue weighted by Crippen LogP contribution is 2.21. The SMILES string of the molecule is O=C(Nc1ccccc1Cc1nc(-c2cnccn2)no1)c1ccoc1. The summed E-state index contributed by atoms with van der Waals surface area (Å²) in [7, 11) is 0. The lowest BCUT2D eigenvalue weighted by Crippen LogP contribution is -2.12. The third-order valence-electron chi connectivity index (χ3n) is 3.65. The van der Waals surface area contributed by atoms with E-state index < -0.39 is 0 Å². The fourth-order valence-corrected chi connectivity index (χ4v) is 2.39. The standard InChI is InChI=1S/C18H13N5O3/c24-18(13-5-8-25-11-13)21-14-4-2-1-3-12(14)9-16-22-17(23-26-16)15-10-19-6-7-20-15/h1-8,10-11H,9H2,(H,21,24). The van der Waals surface area contributed by atoms with Gasteiger partial charge in [0.05, 0.1) is 24.4 Å². The van der Waals surface area contributed by atoms with E-state index in [2.05, 4.69) is 25.4 Å². The Hall–Kier alpha value is -3.81. The predicted octanol–water partition coefficient (Wildman–Crippen LogP) is 2.96. The highest BCUT2D eigenvalue weighted by molar-refractivity contribution is 6.04. The van der Waals surface area contributed by atoms with Gasteiger partial charge in [-0.25, -0.2) is 4.98 Å². The van der Waals surface area contributed by atoms with Crippen LogP contribution in [0.25, 0.3) is 11.5 Å². The highest BCUT2D eigenvalue weighted by atomic mass is 16.5. The molecule has 8 heteroatoms. The lowest BCUT2D eigenvalue weighted by Gasteiger charge is -2.08. The Kier molecular flexibility index (Phi) is 4.21. The summed E-state index contributed by atoms with van der Waals surface area (Å²) < 4.78 is 10.2. The molecule has 8 nitrogen and oxygen atoms in total. The maximum Gasteiger partial charge on any atom is 0.258 e. The monoisotopic (exact) mass is 347 g/mol. The molecule has 0 atom stereocenters. The van der Waals surface area contributed by atoms with Crippen molar-refractivity contribution in [2.24, 2.45) is 0 Å². The van der Waals surface area contributed by atoms with Crippen molar-refractivity contribution >= 4 is 11.6 Å². The van der Waals surface area contributed by atoms with E-state index in [4.69, 9.17) is 8.94 Å². The molecule has 1 N–H and O–H groups in total. The van der Waals surface area contributed by atoms with Crippen LogP contribution in [-0.2, 0) is 6.42 Å². The summed E-state index contributed by atoms with van der Waals surface area (Å²) in [6.45, 7) is 0. The Morgan fingerprint density at radius 3 is 2.88 bits per heavy atom. The van der Waals surface area contributed by atoms with E-state index in [0.29, 0.717) is 35.1 Å². The molecule has 128 valence electrons. The smallest absolute Gasteiger partial charge is 0.258 e. The molecule has 0 saturated heterocycles. The third kappa shape index (κ3) is 3.34. The van der Waals surface area contributed by atoms with Crippen molar-refractivity contribution in [3.05, 3.63) is 78.5 Å². The molecule has 3 heterocycles. The summed E-state index contributed by atoms with van der Waals surface area (Å²) in [6, 6.07) is 9.02. The number of nitrogens with one attached hydrogen (secondary N) is 1. The molecule has 3 aromatic heterocycles. The molecule has 0 bridgehead atoms. The number of anilines is 1. The molecular formula is C18H13N5O3. The molecule has 4 aromatic rings. The molecule has 0 radical (unpaired) electrons. The molecule has 0 aliphatic heterocycles. The number of hydrogen-bond donors (Lipinski definition) is 1. The minimum atomic E-state index is -0.253. The average Bonchev–Trinajstić information content (AvgIpc) is 3.36. The number of carbonyl (C=O) groups excluding carboxylic acids is 1. The minimum Gasteiger partial charge on any atom is -0.472 e. The zero-order valence-electron chi connectivity index (χ0n) is 13.5. The number of carbonyl (C=O) groups is 1. The van der Waals surface area contributed by atoms with E-state index in [0.717, 1.165) is 5.56 Å².